The number of benzene rings is 1. The summed E-state index contributed by atoms with van der Waals surface area (Å²) in [4.78, 5) is 2.72. The van der Waals surface area contributed by atoms with Gasteiger partial charge in [-0.15, -0.1) is 0 Å². The Balaban J connectivity index is 1.75. The van der Waals surface area contributed by atoms with Gasteiger partial charge in [0.15, 0.2) is 0 Å². The summed E-state index contributed by atoms with van der Waals surface area (Å²) < 4.78 is 0. The van der Waals surface area contributed by atoms with Gasteiger partial charge in [0.1, 0.15) is 0 Å². The van der Waals surface area contributed by atoms with Gasteiger partial charge in [-0.25, -0.2) is 0 Å². The molecule has 2 fully saturated rings. The van der Waals surface area contributed by atoms with Gasteiger partial charge in [0.05, 0.1) is 0 Å². The second-order valence-corrected chi connectivity index (χ2v) is 6.11. The summed E-state index contributed by atoms with van der Waals surface area (Å²) in [7, 11) is 0. The van der Waals surface area contributed by atoms with E-state index >= 15 is 0 Å². The lowest BCUT2D eigenvalue weighted by Gasteiger charge is -2.33. The molecule has 0 spiro atoms. The van der Waals surface area contributed by atoms with E-state index in [1.54, 1.807) is 0 Å². The van der Waals surface area contributed by atoms with E-state index in [0.717, 1.165) is 30.2 Å². The van der Waals surface area contributed by atoms with Crippen LogP contribution in [0.4, 0.5) is 5.69 Å². The van der Waals surface area contributed by atoms with Crippen molar-refractivity contribution in [2.24, 2.45) is 5.92 Å². The number of rotatable bonds is 2. The molecule has 2 N–H and O–H groups in total. The maximum atomic E-state index is 5.88. The van der Waals surface area contributed by atoms with Crippen LogP contribution < -0.4 is 5.73 Å². The van der Waals surface area contributed by atoms with Crippen molar-refractivity contribution in [1.29, 1.82) is 0 Å². The van der Waals surface area contributed by atoms with Crippen LogP contribution in [0, 0.1) is 5.92 Å². The van der Waals surface area contributed by atoms with Crippen molar-refractivity contribution in [2.45, 2.75) is 57.7 Å². The number of hydrogen-bond acceptors (Lipinski definition) is 2. The number of likely N-dealkylation sites (tertiary alicyclic amines) is 1. The Morgan fingerprint density at radius 3 is 2.94 bits per heavy atom. The molecule has 2 heteroatoms. The number of fused-ring (bicyclic) bond motifs is 1. The first-order valence-corrected chi connectivity index (χ1v) is 7.34. The Hall–Kier alpha value is -1.02. The lowest BCUT2D eigenvalue weighted by Crippen LogP contribution is -2.37. The van der Waals surface area contributed by atoms with Gasteiger partial charge >= 0.3 is 0 Å². The molecule has 0 aromatic heterocycles. The monoisotopic (exact) mass is 244 g/mol. The molecule has 98 valence electrons. The van der Waals surface area contributed by atoms with Crippen LogP contribution in [0.1, 0.15) is 44.6 Å². The van der Waals surface area contributed by atoms with Crippen LogP contribution in [0.5, 0.6) is 0 Å². The average Bonchev–Trinajstić information content (AvgIpc) is 2.66. The molecule has 1 heterocycles. The van der Waals surface area contributed by atoms with Crippen molar-refractivity contribution in [3.63, 3.8) is 0 Å². The third kappa shape index (κ3) is 2.26. The van der Waals surface area contributed by atoms with Gasteiger partial charge in [-0.05, 0) is 49.8 Å². The predicted molar refractivity (Wildman–Crippen MR) is 76.2 cm³/mol. The molecule has 2 aliphatic rings. The standard InChI is InChI=1S/C16H24N2/c1-12-9-14-6-2-3-8-16(14)18(12)11-13-5-4-7-15(17)10-13/h4-5,7,10,12,14,16H,2-3,6,8-9,11,17H2,1H3. The third-order valence-electron chi connectivity index (χ3n) is 4.82. The van der Waals surface area contributed by atoms with E-state index in [1.165, 1.54) is 37.7 Å². The molecule has 0 bridgehead atoms. The topological polar surface area (TPSA) is 29.3 Å². The predicted octanol–water partition coefficient (Wildman–Crippen LogP) is 3.42. The van der Waals surface area contributed by atoms with Gasteiger partial charge in [0, 0.05) is 24.3 Å². The van der Waals surface area contributed by atoms with Gasteiger partial charge in [0.25, 0.3) is 0 Å². The van der Waals surface area contributed by atoms with Crippen molar-refractivity contribution < 1.29 is 0 Å². The number of nitrogens with two attached hydrogens (primary N) is 1. The summed E-state index contributed by atoms with van der Waals surface area (Å²) in [5, 5.41) is 0. The molecule has 2 nitrogen and oxygen atoms in total. The fourth-order valence-electron chi connectivity index (χ4n) is 3.98. The smallest absolute Gasteiger partial charge is 0.0317 e. The quantitative estimate of drug-likeness (QED) is 0.808. The summed E-state index contributed by atoms with van der Waals surface area (Å²) in [5.41, 5.74) is 8.14. The zero-order valence-corrected chi connectivity index (χ0v) is 11.3. The fraction of sp³-hybridized carbons (Fsp3) is 0.625. The van der Waals surface area contributed by atoms with E-state index in [4.69, 9.17) is 5.73 Å². The minimum absolute atomic E-state index is 0.736. The SMILES string of the molecule is CC1CC2CCCCC2N1Cc1cccc(N)c1. The molecule has 1 aliphatic carbocycles. The number of hydrogen-bond donors (Lipinski definition) is 1. The van der Waals surface area contributed by atoms with E-state index in [0.29, 0.717) is 0 Å². The van der Waals surface area contributed by atoms with E-state index in [1.807, 2.05) is 6.07 Å². The fourth-order valence-corrected chi connectivity index (χ4v) is 3.98. The third-order valence-corrected chi connectivity index (χ3v) is 4.82. The molecule has 1 aromatic carbocycles. The normalized spacial score (nSPS) is 32.4. The van der Waals surface area contributed by atoms with Gasteiger partial charge in [-0.3, -0.25) is 4.90 Å². The van der Waals surface area contributed by atoms with Crippen LogP contribution >= 0.6 is 0 Å². The van der Waals surface area contributed by atoms with Crippen molar-refractivity contribution in [3.8, 4) is 0 Å². The number of nitrogen functional groups attached to an aromatic ring is 1. The maximum Gasteiger partial charge on any atom is 0.0317 e. The molecular weight excluding hydrogens is 220 g/mol. The van der Waals surface area contributed by atoms with Crippen LogP contribution in [0.15, 0.2) is 24.3 Å². The van der Waals surface area contributed by atoms with Crippen molar-refractivity contribution in [2.75, 3.05) is 5.73 Å². The van der Waals surface area contributed by atoms with E-state index in [2.05, 4.69) is 30.0 Å². The highest BCUT2D eigenvalue weighted by Gasteiger charge is 2.39. The highest BCUT2D eigenvalue weighted by Crippen LogP contribution is 2.40. The summed E-state index contributed by atoms with van der Waals surface area (Å²) in [6, 6.07) is 9.95. The second-order valence-electron chi connectivity index (χ2n) is 6.11. The van der Waals surface area contributed by atoms with Crippen LogP contribution in [0.3, 0.4) is 0 Å². The molecular formula is C16H24N2. The van der Waals surface area contributed by atoms with E-state index in [9.17, 15) is 0 Å². The molecule has 0 radical (unpaired) electrons. The highest BCUT2D eigenvalue weighted by molar-refractivity contribution is 5.40. The number of anilines is 1. The first kappa shape index (κ1) is 12.0. The van der Waals surface area contributed by atoms with Crippen LogP contribution in [-0.2, 0) is 6.54 Å². The van der Waals surface area contributed by atoms with Gasteiger partial charge in [0.2, 0.25) is 0 Å². The highest BCUT2D eigenvalue weighted by atomic mass is 15.2. The molecule has 1 saturated carbocycles. The summed E-state index contributed by atoms with van der Waals surface area (Å²) >= 11 is 0. The molecule has 1 aromatic rings. The maximum absolute atomic E-state index is 5.88. The Morgan fingerprint density at radius 1 is 1.28 bits per heavy atom. The average molecular weight is 244 g/mol. The van der Waals surface area contributed by atoms with Crippen molar-refractivity contribution in [3.05, 3.63) is 29.8 Å². The Kier molecular flexibility index (Phi) is 3.29. The van der Waals surface area contributed by atoms with Crippen LogP contribution in [0.25, 0.3) is 0 Å². The molecule has 0 amide bonds. The minimum atomic E-state index is 0.736. The first-order chi connectivity index (χ1) is 8.74. The van der Waals surface area contributed by atoms with E-state index < -0.39 is 0 Å². The summed E-state index contributed by atoms with van der Waals surface area (Å²) in [5.74, 6) is 0.954. The number of nitrogens with zero attached hydrogens (tertiary/aromatic N) is 1. The lowest BCUT2D eigenvalue weighted by molar-refractivity contribution is 0.149. The van der Waals surface area contributed by atoms with Gasteiger partial charge in [-0.1, -0.05) is 25.0 Å². The molecule has 3 unspecified atom stereocenters. The van der Waals surface area contributed by atoms with Gasteiger partial charge in [-0.2, -0.15) is 0 Å². The first-order valence-electron chi connectivity index (χ1n) is 7.34. The Bertz CT molecular complexity index is 415. The van der Waals surface area contributed by atoms with E-state index in [-0.39, 0.29) is 0 Å². The molecule has 3 rings (SSSR count). The second kappa shape index (κ2) is 4.93. The Morgan fingerprint density at radius 2 is 2.11 bits per heavy atom. The molecule has 1 saturated heterocycles. The molecule has 3 atom stereocenters. The van der Waals surface area contributed by atoms with Crippen molar-refractivity contribution >= 4 is 5.69 Å². The molecule has 1 aliphatic heterocycles. The van der Waals surface area contributed by atoms with Crippen LogP contribution in [-0.4, -0.2) is 17.0 Å². The van der Waals surface area contributed by atoms with Crippen LogP contribution in [0.2, 0.25) is 0 Å². The summed E-state index contributed by atoms with van der Waals surface area (Å²) in [6.45, 7) is 3.47. The Labute approximate surface area is 110 Å². The summed E-state index contributed by atoms with van der Waals surface area (Å²) in [6.07, 6.45) is 7.11. The largest absolute Gasteiger partial charge is 0.399 e. The lowest BCUT2D eigenvalue weighted by atomic mass is 9.85. The van der Waals surface area contributed by atoms with Crippen molar-refractivity contribution in [1.82, 2.24) is 4.90 Å². The zero-order valence-electron chi connectivity index (χ0n) is 11.3. The van der Waals surface area contributed by atoms with Gasteiger partial charge < -0.3 is 5.73 Å². The molecule has 18 heavy (non-hydrogen) atoms. The minimum Gasteiger partial charge on any atom is -0.399 e. The zero-order chi connectivity index (χ0) is 12.5.